The van der Waals surface area contributed by atoms with Gasteiger partial charge in [-0.25, -0.2) is 9.18 Å². The van der Waals surface area contributed by atoms with Gasteiger partial charge in [-0.3, -0.25) is 4.79 Å². The van der Waals surface area contributed by atoms with E-state index in [-0.39, 0.29) is 11.7 Å². The summed E-state index contributed by atoms with van der Waals surface area (Å²) in [6.07, 6.45) is 1.64. The van der Waals surface area contributed by atoms with E-state index in [0.29, 0.717) is 25.1 Å². The first-order valence-electron chi connectivity index (χ1n) is 6.92. The second-order valence-corrected chi connectivity index (χ2v) is 6.12. The zero-order valence-corrected chi connectivity index (χ0v) is 12.4. The molecule has 21 heavy (non-hydrogen) atoms. The van der Waals surface area contributed by atoms with Crippen molar-refractivity contribution in [2.24, 2.45) is 0 Å². The highest BCUT2D eigenvalue weighted by atomic mass is 32.2. The predicted molar refractivity (Wildman–Crippen MR) is 79.5 cm³/mol. The molecule has 0 aliphatic carbocycles. The molecule has 1 fully saturated rings. The normalized spacial score (nSPS) is 18.0. The standard InChI is InChI=1S/C15H18FNO3S/c16-12-5-3-11(4-6-12)10-21-9-7-14(18)17-8-1-2-13(17)15(19)20/h3-6,13H,1-2,7-10H2,(H,19,20)/t13-/m0/s1. The number of amides is 1. The maximum atomic E-state index is 12.8. The van der Waals surface area contributed by atoms with E-state index in [1.807, 2.05) is 0 Å². The van der Waals surface area contributed by atoms with E-state index in [1.54, 1.807) is 23.9 Å². The number of hydrogen-bond donors (Lipinski definition) is 1. The van der Waals surface area contributed by atoms with Gasteiger partial charge in [0.2, 0.25) is 5.91 Å². The van der Waals surface area contributed by atoms with Crippen molar-refractivity contribution in [3.63, 3.8) is 0 Å². The van der Waals surface area contributed by atoms with Crippen LogP contribution in [0, 0.1) is 5.82 Å². The van der Waals surface area contributed by atoms with Crippen LogP contribution in [0.5, 0.6) is 0 Å². The highest BCUT2D eigenvalue weighted by Gasteiger charge is 2.33. The molecule has 1 aliphatic rings. The van der Waals surface area contributed by atoms with E-state index in [9.17, 15) is 14.0 Å². The molecule has 0 aromatic heterocycles. The van der Waals surface area contributed by atoms with Crippen LogP contribution in [0.25, 0.3) is 0 Å². The van der Waals surface area contributed by atoms with Crippen LogP contribution in [0.15, 0.2) is 24.3 Å². The van der Waals surface area contributed by atoms with E-state index in [1.165, 1.54) is 17.0 Å². The summed E-state index contributed by atoms with van der Waals surface area (Å²) < 4.78 is 12.8. The van der Waals surface area contributed by atoms with Crippen LogP contribution in [0.1, 0.15) is 24.8 Å². The van der Waals surface area contributed by atoms with Gasteiger partial charge in [0.25, 0.3) is 0 Å². The van der Waals surface area contributed by atoms with Crippen LogP contribution in [-0.2, 0) is 15.3 Å². The summed E-state index contributed by atoms with van der Waals surface area (Å²) in [7, 11) is 0. The summed E-state index contributed by atoms with van der Waals surface area (Å²) in [5, 5.41) is 9.05. The Morgan fingerprint density at radius 3 is 2.71 bits per heavy atom. The van der Waals surface area contributed by atoms with Crippen molar-refractivity contribution >= 4 is 23.6 Å². The van der Waals surface area contributed by atoms with Crippen molar-refractivity contribution in [3.8, 4) is 0 Å². The largest absolute Gasteiger partial charge is 0.480 e. The minimum absolute atomic E-state index is 0.0912. The van der Waals surface area contributed by atoms with Crippen LogP contribution in [0.3, 0.4) is 0 Å². The molecular formula is C15H18FNO3S. The number of carbonyl (C=O) groups excluding carboxylic acids is 1. The molecule has 2 rings (SSSR count). The number of carboxylic acid groups (broad SMARTS) is 1. The molecule has 1 saturated heterocycles. The number of thioether (sulfide) groups is 1. The maximum absolute atomic E-state index is 12.8. The Morgan fingerprint density at radius 1 is 1.33 bits per heavy atom. The SMILES string of the molecule is O=C(O)[C@@H]1CCCN1C(=O)CCSCc1ccc(F)cc1. The highest BCUT2D eigenvalue weighted by molar-refractivity contribution is 7.98. The Labute approximate surface area is 127 Å². The molecule has 114 valence electrons. The monoisotopic (exact) mass is 311 g/mol. The average molecular weight is 311 g/mol. The topological polar surface area (TPSA) is 57.6 Å². The van der Waals surface area contributed by atoms with Crippen molar-refractivity contribution < 1.29 is 19.1 Å². The summed E-state index contributed by atoms with van der Waals surface area (Å²) in [4.78, 5) is 24.5. The third-order valence-corrected chi connectivity index (χ3v) is 4.53. The number of rotatable bonds is 6. The first-order chi connectivity index (χ1) is 10.1. The average Bonchev–Trinajstić information content (AvgIpc) is 2.95. The number of halogens is 1. The van der Waals surface area contributed by atoms with Crippen LogP contribution < -0.4 is 0 Å². The highest BCUT2D eigenvalue weighted by Crippen LogP contribution is 2.20. The van der Waals surface area contributed by atoms with Gasteiger partial charge in [0.15, 0.2) is 0 Å². The number of benzene rings is 1. The van der Waals surface area contributed by atoms with Gasteiger partial charge in [0.05, 0.1) is 0 Å². The van der Waals surface area contributed by atoms with Crippen LogP contribution in [0.4, 0.5) is 4.39 Å². The first kappa shape index (κ1) is 15.8. The van der Waals surface area contributed by atoms with Gasteiger partial charge < -0.3 is 10.0 Å². The number of hydrogen-bond acceptors (Lipinski definition) is 3. The molecule has 0 saturated carbocycles. The summed E-state index contributed by atoms with van der Waals surface area (Å²) >= 11 is 1.59. The zero-order chi connectivity index (χ0) is 15.2. The number of carboxylic acids is 1. The second kappa shape index (κ2) is 7.45. The summed E-state index contributed by atoms with van der Waals surface area (Å²) in [6.45, 7) is 0.540. The fourth-order valence-electron chi connectivity index (χ4n) is 2.40. The lowest BCUT2D eigenvalue weighted by Crippen LogP contribution is -2.40. The van der Waals surface area contributed by atoms with Gasteiger partial charge in [0.1, 0.15) is 11.9 Å². The van der Waals surface area contributed by atoms with E-state index in [4.69, 9.17) is 5.11 Å². The molecule has 1 atom stereocenters. The van der Waals surface area contributed by atoms with Crippen molar-refractivity contribution in [2.75, 3.05) is 12.3 Å². The molecule has 1 aromatic rings. The third kappa shape index (κ3) is 4.46. The molecule has 0 radical (unpaired) electrons. The molecule has 1 aliphatic heterocycles. The molecule has 1 aromatic carbocycles. The predicted octanol–water partition coefficient (Wildman–Crippen LogP) is 2.52. The number of carbonyl (C=O) groups is 2. The van der Waals surface area contributed by atoms with Gasteiger partial charge in [-0.2, -0.15) is 11.8 Å². The van der Waals surface area contributed by atoms with Crippen LogP contribution >= 0.6 is 11.8 Å². The molecule has 6 heteroatoms. The van der Waals surface area contributed by atoms with Gasteiger partial charge in [-0.1, -0.05) is 12.1 Å². The second-order valence-electron chi connectivity index (χ2n) is 5.01. The molecule has 0 spiro atoms. The number of aliphatic carboxylic acids is 1. The Morgan fingerprint density at radius 2 is 2.05 bits per heavy atom. The lowest BCUT2D eigenvalue weighted by atomic mass is 10.2. The van der Waals surface area contributed by atoms with Gasteiger partial charge in [-0.15, -0.1) is 0 Å². The summed E-state index contributed by atoms with van der Waals surface area (Å²) in [5.74, 6) is 0.0913. The maximum Gasteiger partial charge on any atom is 0.326 e. The summed E-state index contributed by atoms with van der Waals surface area (Å²) in [5.41, 5.74) is 1.01. The lowest BCUT2D eigenvalue weighted by molar-refractivity contribution is -0.148. The van der Waals surface area contributed by atoms with Gasteiger partial charge in [0, 0.05) is 24.5 Å². The third-order valence-electron chi connectivity index (χ3n) is 3.50. The number of likely N-dealkylation sites (tertiary alicyclic amines) is 1. The Hall–Kier alpha value is -1.56. The fraction of sp³-hybridized carbons (Fsp3) is 0.467. The van der Waals surface area contributed by atoms with Crippen LogP contribution in [0.2, 0.25) is 0 Å². The van der Waals surface area contributed by atoms with Gasteiger partial charge >= 0.3 is 5.97 Å². The van der Waals surface area contributed by atoms with Gasteiger partial charge in [-0.05, 0) is 30.5 Å². The van der Waals surface area contributed by atoms with Crippen molar-refractivity contribution in [1.82, 2.24) is 4.90 Å². The lowest BCUT2D eigenvalue weighted by Gasteiger charge is -2.21. The minimum atomic E-state index is -0.917. The Kier molecular flexibility index (Phi) is 5.61. The number of nitrogens with zero attached hydrogens (tertiary/aromatic N) is 1. The van der Waals surface area contributed by atoms with E-state index in [2.05, 4.69) is 0 Å². The molecular weight excluding hydrogens is 293 g/mol. The van der Waals surface area contributed by atoms with E-state index < -0.39 is 12.0 Å². The Bertz CT molecular complexity index is 506. The molecule has 1 N–H and O–H groups in total. The molecule has 0 bridgehead atoms. The summed E-state index contributed by atoms with van der Waals surface area (Å²) in [6, 6.07) is 5.64. The van der Waals surface area contributed by atoms with Crippen LogP contribution in [-0.4, -0.2) is 40.2 Å². The fourth-order valence-corrected chi connectivity index (χ4v) is 3.29. The van der Waals surface area contributed by atoms with Crippen molar-refractivity contribution in [3.05, 3.63) is 35.6 Å². The van der Waals surface area contributed by atoms with E-state index >= 15 is 0 Å². The quantitative estimate of drug-likeness (QED) is 0.820. The molecule has 0 unspecified atom stereocenters. The zero-order valence-electron chi connectivity index (χ0n) is 11.6. The smallest absolute Gasteiger partial charge is 0.326 e. The molecule has 1 heterocycles. The minimum Gasteiger partial charge on any atom is -0.480 e. The van der Waals surface area contributed by atoms with Crippen molar-refractivity contribution in [2.45, 2.75) is 31.1 Å². The molecule has 4 nitrogen and oxygen atoms in total. The van der Waals surface area contributed by atoms with E-state index in [0.717, 1.165) is 17.7 Å². The Balaban J connectivity index is 1.72. The first-order valence-corrected chi connectivity index (χ1v) is 8.08. The molecule has 1 amide bonds. The van der Waals surface area contributed by atoms with Crippen molar-refractivity contribution in [1.29, 1.82) is 0 Å².